The zero-order valence-electron chi connectivity index (χ0n) is 14.1. The second kappa shape index (κ2) is 8.19. The van der Waals surface area contributed by atoms with E-state index in [4.69, 9.17) is 13.9 Å². The molecule has 0 fully saturated rings. The van der Waals surface area contributed by atoms with Crippen molar-refractivity contribution in [1.29, 1.82) is 0 Å². The van der Waals surface area contributed by atoms with Gasteiger partial charge in [0.05, 0.1) is 18.7 Å². The van der Waals surface area contributed by atoms with Crippen LogP contribution in [0.5, 0.6) is 5.75 Å². The Morgan fingerprint density at radius 2 is 1.83 bits per heavy atom. The molecule has 0 spiro atoms. The van der Waals surface area contributed by atoms with Crippen molar-refractivity contribution < 1.29 is 23.5 Å². The number of benzene rings is 1. The number of carbonyl (C=O) groups excluding carboxylic acids is 2. The number of furan rings is 1. The summed E-state index contributed by atoms with van der Waals surface area (Å²) in [6.45, 7) is 4.23. The topological polar surface area (TPSA) is 69.0 Å². The molecular formula is C18H21NO5. The van der Waals surface area contributed by atoms with Crippen molar-refractivity contribution in [2.75, 3.05) is 20.3 Å². The van der Waals surface area contributed by atoms with Crippen molar-refractivity contribution >= 4 is 11.9 Å². The lowest BCUT2D eigenvalue weighted by molar-refractivity contribution is -0.132. The molecule has 128 valence electrons. The number of hydrogen-bond acceptors (Lipinski definition) is 5. The first kappa shape index (κ1) is 17.6. The predicted octanol–water partition coefficient (Wildman–Crippen LogP) is 2.80. The third-order valence-corrected chi connectivity index (χ3v) is 3.34. The number of amides is 1. The van der Waals surface area contributed by atoms with E-state index in [2.05, 4.69) is 0 Å². The SMILES string of the molecule is CCOC(=O)c1ccc(OCC(=O)N(C)Cc2ccc(C)o2)cc1. The van der Waals surface area contributed by atoms with E-state index < -0.39 is 0 Å². The largest absolute Gasteiger partial charge is 0.484 e. The van der Waals surface area contributed by atoms with E-state index in [1.807, 2.05) is 19.1 Å². The van der Waals surface area contributed by atoms with Crippen LogP contribution in [0.2, 0.25) is 0 Å². The summed E-state index contributed by atoms with van der Waals surface area (Å²) >= 11 is 0. The van der Waals surface area contributed by atoms with Gasteiger partial charge in [-0.3, -0.25) is 4.79 Å². The Hall–Kier alpha value is -2.76. The van der Waals surface area contributed by atoms with Crippen molar-refractivity contribution in [3.05, 3.63) is 53.5 Å². The lowest BCUT2D eigenvalue weighted by Gasteiger charge is -2.16. The van der Waals surface area contributed by atoms with Gasteiger partial charge in [-0.2, -0.15) is 0 Å². The highest BCUT2D eigenvalue weighted by Crippen LogP contribution is 2.14. The molecule has 0 aliphatic heterocycles. The number of carbonyl (C=O) groups is 2. The molecule has 0 aliphatic rings. The number of rotatable bonds is 7. The first-order valence-corrected chi connectivity index (χ1v) is 7.69. The number of aryl methyl sites for hydroxylation is 1. The maximum Gasteiger partial charge on any atom is 0.338 e. The zero-order valence-corrected chi connectivity index (χ0v) is 14.1. The minimum atomic E-state index is -0.381. The fourth-order valence-corrected chi connectivity index (χ4v) is 2.05. The van der Waals surface area contributed by atoms with Gasteiger partial charge in [0.25, 0.3) is 5.91 Å². The molecule has 1 heterocycles. The first-order chi connectivity index (χ1) is 11.5. The van der Waals surface area contributed by atoms with E-state index in [0.29, 0.717) is 24.5 Å². The van der Waals surface area contributed by atoms with Crippen LogP contribution in [0, 0.1) is 6.92 Å². The number of nitrogens with zero attached hydrogens (tertiary/aromatic N) is 1. The zero-order chi connectivity index (χ0) is 17.5. The highest BCUT2D eigenvalue weighted by molar-refractivity contribution is 5.89. The van der Waals surface area contributed by atoms with E-state index in [1.54, 1.807) is 38.2 Å². The van der Waals surface area contributed by atoms with Crippen LogP contribution in [0.15, 0.2) is 40.8 Å². The molecule has 0 N–H and O–H groups in total. The van der Waals surface area contributed by atoms with Crippen LogP contribution in [-0.2, 0) is 16.1 Å². The molecule has 1 aromatic heterocycles. The molecule has 6 heteroatoms. The van der Waals surface area contributed by atoms with Crippen LogP contribution in [0.1, 0.15) is 28.8 Å². The summed E-state index contributed by atoms with van der Waals surface area (Å²) in [5.74, 6) is 1.50. The van der Waals surface area contributed by atoms with Gasteiger partial charge in [-0.1, -0.05) is 0 Å². The average molecular weight is 331 g/mol. The molecule has 24 heavy (non-hydrogen) atoms. The smallest absolute Gasteiger partial charge is 0.338 e. The van der Waals surface area contributed by atoms with Gasteiger partial charge in [-0.15, -0.1) is 0 Å². The van der Waals surface area contributed by atoms with Gasteiger partial charge < -0.3 is 18.8 Å². The molecule has 0 atom stereocenters. The van der Waals surface area contributed by atoms with Gasteiger partial charge in [-0.25, -0.2) is 4.79 Å². The average Bonchev–Trinajstić information content (AvgIpc) is 2.98. The van der Waals surface area contributed by atoms with Gasteiger partial charge in [-0.05, 0) is 50.2 Å². The molecule has 0 bridgehead atoms. The number of esters is 1. The molecule has 0 saturated carbocycles. The monoisotopic (exact) mass is 331 g/mol. The van der Waals surface area contributed by atoms with Crippen LogP contribution in [0.4, 0.5) is 0 Å². The van der Waals surface area contributed by atoms with Gasteiger partial charge in [0.15, 0.2) is 6.61 Å². The van der Waals surface area contributed by atoms with Gasteiger partial charge in [0.1, 0.15) is 17.3 Å². The third kappa shape index (κ3) is 4.87. The lowest BCUT2D eigenvalue weighted by Crippen LogP contribution is -2.30. The van der Waals surface area contributed by atoms with E-state index in [9.17, 15) is 9.59 Å². The quantitative estimate of drug-likeness (QED) is 0.730. The Kier molecular flexibility index (Phi) is 6.01. The molecule has 1 aromatic carbocycles. The Morgan fingerprint density at radius 1 is 1.12 bits per heavy atom. The Balaban J connectivity index is 1.83. The molecule has 2 rings (SSSR count). The molecule has 0 radical (unpaired) electrons. The highest BCUT2D eigenvalue weighted by atomic mass is 16.5. The van der Waals surface area contributed by atoms with Crippen molar-refractivity contribution in [2.45, 2.75) is 20.4 Å². The standard InChI is InChI=1S/C18H21NO5/c1-4-22-18(21)14-6-9-15(10-7-14)23-12-17(20)19(3)11-16-8-5-13(2)24-16/h5-10H,4,11-12H2,1-3H3. The Morgan fingerprint density at radius 3 is 2.42 bits per heavy atom. The van der Waals surface area contributed by atoms with E-state index >= 15 is 0 Å². The molecule has 6 nitrogen and oxygen atoms in total. The fraction of sp³-hybridized carbons (Fsp3) is 0.333. The van der Waals surface area contributed by atoms with Crippen molar-refractivity contribution in [3.8, 4) is 5.75 Å². The van der Waals surface area contributed by atoms with Crippen molar-refractivity contribution in [1.82, 2.24) is 4.90 Å². The maximum absolute atomic E-state index is 12.1. The van der Waals surface area contributed by atoms with Gasteiger partial charge in [0, 0.05) is 7.05 Å². The van der Waals surface area contributed by atoms with Gasteiger partial charge in [0.2, 0.25) is 0 Å². The summed E-state index contributed by atoms with van der Waals surface area (Å²) < 4.78 is 15.8. The minimum absolute atomic E-state index is 0.0883. The van der Waals surface area contributed by atoms with Crippen molar-refractivity contribution in [2.24, 2.45) is 0 Å². The molecule has 2 aromatic rings. The van der Waals surface area contributed by atoms with Crippen LogP contribution < -0.4 is 4.74 Å². The predicted molar refractivity (Wildman–Crippen MR) is 87.8 cm³/mol. The molecule has 1 amide bonds. The number of hydrogen-bond donors (Lipinski definition) is 0. The lowest BCUT2D eigenvalue weighted by atomic mass is 10.2. The summed E-state index contributed by atoms with van der Waals surface area (Å²) in [4.78, 5) is 25.2. The number of ether oxygens (including phenoxy) is 2. The maximum atomic E-state index is 12.1. The normalized spacial score (nSPS) is 10.3. The second-order valence-corrected chi connectivity index (χ2v) is 5.30. The van der Waals surface area contributed by atoms with Crippen LogP contribution in [0.3, 0.4) is 0 Å². The summed E-state index contributed by atoms with van der Waals surface area (Å²) in [6.07, 6.45) is 0. The van der Waals surface area contributed by atoms with E-state index in [0.717, 1.165) is 11.5 Å². The summed E-state index contributed by atoms with van der Waals surface area (Å²) in [5, 5.41) is 0. The summed E-state index contributed by atoms with van der Waals surface area (Å²) in [6, 6.07) is 10.2. The van der Waals surface area contributed by atoms with Crippen molar-refractivity contribution in [3.63, 3.8) is 0 Å². The summed E-state index contributed by atoms with van der Waals surface area (Å²) in [5.41, 5.74) is 0.445. The Labute approximate surface area is 141 Å². The van der Waals surface area contributed by atoms with Crippen LogP contribution in [0.25, 0.3) is 0 Å². The highest BCUT2D eigenvalue weighted by Gasteiger charge is 2.12. The minimum Gasteiger partial charge on any atom is -0.484 e. The van der Waals surface area contributed by atoms with Gasteiger partial charge >= 0.3 is 5.97 Å². The van der Waals surface area contributed by atoms with E-state index in [-0.39, 0.29) is 18.5 Å². The van der Waals surface area contributed by atoms with E-state index in [1.165, 1.54) is 4.90 Å². The van der Waals surface area contributed by atoms with Crippen LogP contribution in [-0.4, -0.2) is 37.0 Å². The summed E-state index contributed by atoms with van der Waals surface area (Å²) in [7, 11) is 1.69. The molecule has 0 aliphatic carbocycles. The fourth-order valence-electron chi connectivity index (χ4n) is 2.05. The Bertz CT molecular complexity index is 690. The third-order valence-electron chi connectivity index (χ3n) is 3.34. The molecule has 0 saturated heterocycles. The first-order valence-electron chi connectivity index (χ1n) is 7.69. The second-order valence-electron chi connectivity index (χ2n) is 5.30. The molecule has 0 unspecified atom stereocenters. The molecular weight excluding hydrogens is 310 g/mol. The number of likely N-dealkylation sites (N-methyl/N-ethyl adjacent to an activating group) is 1. The van der Waals surface area contributed by atoms with Crippen LogP contribution >= 0.6 is 0 Å².